The molecule has 0 bridgehead atoms. The molecule has 1 fully saturated rings. The molecule has 0 aliphatic heterocycles. The molecule has 3 aromatic rings. The molecule has 0 amide bonds. The largest absolute Gasteiger partial charge is 0.461 e. The number of ketones is 1. The van der Waals surface area contributed by atoms with Crippen molar-refractivity contribution >= 4 is 11.8 Å². The fraction of sp³-hybridized carbons (Fsp3) is 0.333. The van der Waals surface area contributed by atoms with Crippen LogP contribution in [0.4, 0.5) is 0 Å². The van der Waals surface area contributed by atoms with Crippen LogP contribution in [0.3, 0.4) is 0 Å². The molecule has 4 rings (SSSR count). The number of hydrogen-bond acceptors (Lipinski definition) is 6. The average Bonchev–Trinajstić information content (AvgIpc) is 3.17. The third-order valence-corrected chi connectivity index (χ3v) is 4.93. The highest BCUT2D eigenvalue weighted by atomic mass is 16.5. The Bertz CT molecular complexity index is 1020. The monoisotopic (exact) mass is 379 g/mol. The van der Waals surface area contributed by atoms with Gasteiger partial charge in [0.05, 0.1) is 18.7 Å². The number of carbonyl (C=O) groups is 2. The zero-order valence-corrected chi connectivity index (χ0v) is 15.8. The molecular weight excluding hydrogens is 358 g/mol. The smallest absolute Gasteiger partial charge is 0.361 e. The number of aromatic nitrogens is 3. The summed E-state index contributed by atoms with van der Waals surface area (Å²) in [5.41, 5.74) is 3.75. The molecule has 0 saturated heterocycles. The van der Waals surface area contributed by atoms with Crippen molar-refractivity contribution in [1.29, 1.82) is 0 Å². The third-order valence-electron chi connectivity index (χ3n) is 4.93. The molecule has 0 unspecified atom stereocenters. The lowest BCUT2D eigenvalue weighted by atomic mass is 9.92. The Morgan fingerprint density at radius 3 is 2.79 bits per heavy atom. The van der Waals surface area contributed by atoms with Gasteiger partial charge in [0.2, 0.25) is 5.69 Å². The lowest BCUT2D eigenvalue weighted by Gasteiger charge is -2.14. The summed E-state index contributed by atoms with van der Waals surface area (Å²) < 4.78 is 11.7. The Labute approximate surface area is 162 Å². The molecule has 7 heteroatoms. The molecule has 0 spiro atoms. The van der Waals surface area contributed by atoms with Crippen LogP contribution in [-0.4, -0.2) is 33.3 Å². The lowest BCUT2D eigenvalue weighted by molar-refractivity contribution is 0.0512. The molecule has 1 saturated carbocycles. The summed E-state index contributed by atoms with van der Waals surface area (Å²) in [5.74, 6) is -0.464. The van der Waals surface area contributed by atoms with E-state index in [1.54, 1.807) is 17.8 Å². The number of carbonyl (C=O) groups excluding carboxylic acids is 2. The first-order chi connectivity index (χ1) is 13.6. The van der Waals surface area contributed by atoms with Gasteiger partial charge in [0.1, 0.15) is 6.26 Å². The predicted octanol–water partition coefficient (Wildman–Crippen LogP) is 3.51. The predicted molar refractivity (Wildman–Crippen MR) is 100 cm³/mol. The van der Waals surface area contributed by atoms with Crippen molar-refractivity contribution in [2.45, 2.75) is 39.2 Å². The molecule has 7 nitrogen and oxygen atoms in total. The molecule has 0 N–H and O–H groups in total. The first kappa shape index (κ1) is 18.2. The Morgan fingerprint density at radius 2 is 2.11 bits per heavy atom. The lowest BCUT2D eigenvalue weighted by Crippen LogP contribution is -2.15. The van der Waals surface area contributed by atoms with Crippen molar-refractivity contribution in [1.82, 2.24) is 14.9 Å². The van der Waals surface area contributed by atoms with E-state index < -0.39 is 5.97 Å². The number of benzene rings is 1. The van der Waals surface area contributed by atoms with E-state index in [2.05, 4.69) is 17.2 Å². The van der Waals surface area contributed by atoms with Crippen LogP contribution >= 0.6 is 0 Å². The highest BCUT2D eigenvalue weighted by Crippen LogP contribution is 2.42. The molecule has 2 heterocycles. The molecule has 0 atom stereocenters. The molecule has 1 aliphatic rings. The number of hydrogen-bond donors (Lipinski definition) is 0. The Balaban J connectivity index is 1.77. The Morgan fingerprint density at radius 1 is 1.29 bits per heavy atom. The fourth-order valence-electron chi connectivity index (χ4n) is 3.42. The van der Waals surface area contributed by atoms with E-state index in [1.165, 1.54) is 11.8 Å². The van der Waals surface area contributed by atoms with Gasteiger partial charge in [-0.1, -0.05) is 11.2 Å². The van der Waals surface area contributed by atoms with Crippen molar-refractivity contribution in [2.75, 3.05) is 6.61 Å². The Hall–Kier alpha value is -3.22. The second-order valence-electron chi connectivity index (χ2n) is 6.97. The van der Waals surface area contributed by atoms with Gasteiger partial charge in [0.15, 0.2) is 5.78 Å². The Kier molecular flexibility index (Phi) is 4.81. The van der Waals surface area contributed by atoms with Crippen LogP contribution in [-0.2, 0) is 11.3 Å². The van der Waals surface area contributed by atoms with Gasteiger partial charge in [-0.15, -0.1) is 0 Å². The topological polar surface area (TPSA) is 87.2 Å². The average molecular weight is 379 g/mol. The minimum atomic E-state index is -0.664. The molecular formula is C21H21N3O4. The maximum Gasteiger partial charge on any atom is 0.361 e. The molecule has 144 valence electrons. The van der Waals surface area contributed by atoms with Gasteiger partial charge in [0, 0.05) is 18.0 Å². The molecule has 2 aromatic heterocycles. The van der Waals surface area contributed by atoms with Crippen molar-refractivity contribution in [3.8, 4) is 0 Å². The highest BCUT2D eigenvalue weighted by Gasteiger charge is 2.30. The van der Waals surface area contributed by atoms with E-state index in [0.29, 0.717) is 18.0 Å². The standard InChI is InChI=1S/C21H21N3O4/c1-3-27-21(26)19-18(12-28-23-19)20(25)17-10-16(14-5-6-14)13(2)9-15(17)11-24-8-4-7-22-24/h4,7-10,12,14H,3,5-6,11H2,1-2H3. The number of ether oxygens (including phenoxy) is 1. The quantitative estimate of drug-likeness (QED) is 0.461. The zero-order valence-electron chi connectivity index (χ0n) is 15.8. The second-order valence-corrected chi connectivity index (χ2v) is 6.97. The van der Waals surface area contributed by atoms with E-state index in [1.807, 2.05) is 24.4 Å². The van der Waals surface area contributed by atoms with Crippen molar-refractivity contribution in [2.24, 2.45) is 0 Å². The van der Waals surface area contributed by atoms with Gasteiger partial charge in [0.25, 0.3) is 0 Å². The number of rotatable bonds is 7. The van der Waals surface area contributed by atoms with Crippen LogP contribution in [0.15, 0.2) is 41.4 Å². The summed E-state index contributed by atoms with van der Waals surface area (Å²) in [5, 5.41) is 7.93. The number of aryl methyl sites for hydroxylation is 1. The maximum absolute atomic E-state index is 13.4. The van der Waals surface area contributed by atoms with Crippen LogP contribution in [0, 0.1) is 6.92 Å². The van der Waals surface area contributed by atoms with E-state index in [0.717, 1.165) is 24.0 Å². The van der Waals surface area contributed by atoms with Gasteiger partial charge < -0.3 is 9.26 Å². The van der Waals surface area contributed by atoms with E-state index >= 15 is 0 Å². The summed E-state index contributed by atoms with van der Waals surface area (Å²) in [6, 6.07) is 5.84. The third kappa shape index (κ3) is 3.47. The van der Waals surface area contributed by atoms with Crippen LogP contribution in [0.2, 0.25) is 0 Å². The summed E-state index contributed by atoms with van der Waals surface area (Å²) in [6.07, 6.45) is 7.03. The maximum atomic E-state index is 13.4. The van der Waals surface area contributed by atoms with Crippen molar-refractivity contribution in [3.63, 3.8) is 0 Å². The van der Waals surface area contributed by atoms with Gasteiger partial charge in [-0.05, 0) is 61.4 Å². The number of esters is 1. The first-order valence-electron chi connectivity index (χ1n) is 9.35. The van der Waals surface area contributed by atoms with E-state index in [-0.39, 0.29) is 23.6 Å². The summed E-state index contributed by atoms with van der Waals surface area (Å²) in [7, 11) is 0. The normalized spacial score (nSPS) is 13.5. The van der Waals surface area contributed by atoms with E-state index in [9.17, 15) is 9.59 Å². The molecule has 1 aliphatic carbocycles. The van der Waals surface area contributed by atoms with Crippen molar-refractivity contribution < 1.29 is 18.8 Å². The van der Waals surface area contributed by atoms with Crippen molar-refractivity contribution in [3.05, 3.63) is 70.4 Å². The fourth-order valence-corrected chi connectivity index (χ4v) is 3.42. The van der Waals surface area contributed by atoms with Crippen LogP contribution < -0.4 is 0 Å². The zero-order chi connectivity index (χ0) is 19.7. The SMILES string of the molecule is CCOC(=O)c1nocc1C(=O)c1cc(C2CC2)c(C)cc1Cn1cccn1. The molecule has 1 aromatic carbocycles. The minimum Gasteiger partial charge on any atom is -0.461 e. The second kappa shape index (κ2) is 7.42. The van der Waals surface area contributed by atoms with Gasteiger partial charge in [-0.25, -0.2) is 4.79 Å². The minimum absolute atomic E-state index is 0.0922. The summed E-state index contributed by atoms with van der Waals surface area (Å²) in [6.45, 7) is 4.42. The van der Waals surface area contributed by atoms with Crippen LogP contribution in [0.25, 0.3) is 0 Å². The van der Waals surface area contributed by atoms with Gasteiger partial charge >= 0.3 is 5.97 Å². The highest BCUT2D eigenvalue weighted by molar-refractivity contribution is 6.14. The molecule has 0 radical (unpaired) electrons. The molecule has 28 heavy (non-hydrogen) atoms. The van der Waals surface area contributed by atoms with Gasteiger partial charge in [-0.2, -0.15) is 5.10 Å². The summed E-state index contributed by atoms with van der Waals surface area (Å²) in [4.78, 5) is 25.5. The van der Waals surface area contributed by atoms with Gasteiger partial charge in [-0.3, -0.25) is 9.48 Å². The van der Waals surface area contributed by atoms with E-state index in [4.69, 9.17) is 9.26 Å². The summed E-state index contributed by atoms with van der Waals surface area (Å²) >= 11 is 0. The number of nitrogens with zero attached hydrogens (tertiary/aromatic N) is 3. The van der Waals surface area contributed by atoms with Crippen LogP contribution in [0.1, 0.15) is 68.8 Å². The van der Waals surface area contributed by atoms with Crippen LogP contribution in [0.5, 0.6) is 0 Å². The first-order valence-corrected chi connectivity index (χ1v) is 9.35.